The van der Waals surface area contributed by atoms with E-state index >= 15 is 0 Å². The number of rotatable bonds is 3. The average molecular weight is 367 g/mol. The van der Waals surface area contributed by atoms with Gasteiger partial charge in [0.25, 0.3) is 0 Å². The van der Waals surface area contributed by atoms with Crippen LogP contribution in [0.2, 0.25) is 0 Å². The van der Waals surface area contributed by atoms with E-state index in [1.54, 1.807) is 25.4 Å². The van der Waals surface area contributed by atoms with Gasteiger partial charge in [0.1, 0.15) is 37.1 Å². The lowest BCUT2D eigenvalue weighted by molar-refractivity contribution is -0.156. The van der Waals surface area contributed by atoms with Gasteiger partial charge in [-0.2, -0.15) is 0 Å². The minimum Gasteiger partial charge on any atom is -0.497 e. The summed E-state index contributed by atoms with van der Waals surface area (Å²) < 4.78 is 12.2. The van der Waals surface area contributed by atoms with Crippen LogP contribution in [0.4, 0.5) is 0 Å². The molecule has 13 heteroatoms. The maximum Gasteiger partial charge on any atom is 0.225 e. The van der Waals surface area contributed by atoms with E-state index in [9.17, 15) is 4.79 Å². The van der Waals surface area contributed by atoms with E-state index in [2.05, 4.69) is 0 Å². The Balaban J connectivity index is 2.06. The molecule has 1 aromatic carbocycles. The van der Waals surface area contributed by atoms with Gasteiger partial charge in [-0.05, 0) is 45.2 Å². The fourth-order valence-electron chi connectivity index (χ4n) is 3.47. The molecular weight excluding hydrogens is 355 g/mol. The highest BCUT2D eigenvalue weighted by Gasteiger charge is 2.58. The van der Waals surface area contributed by atoms with Gasteiger partial charge in [-0.1, -0.05) is 0 Å². The summed E-state index contributed by atoms with van der Waals surface area (Å²) in [7, 11) is 50.8. The van der Waals surface area contributed by atoms with Crippen LogP contribution in [0.25, 0.3) is 10.9 Å². The van der Waals surface area contributed by atoms with Gasteiger partial charge in [0, 0.05) is 24.1 Å². The lowest BCUT2D eigenvalue weighted by atomic mass is 9.30. The van der Waals surface area contributed by atoms with Crippen LogP contribution >= 0.6 is 0 Å². The third kappa shape index (κ3) is 3.30. The van der Waals surface area contributed by atoms with E-state index in [-0.39, 0.29) is 6.42 Å². The fraction of sp³-hybridized carbons (Fsp3) is 0.438. The van der Waals surface area contributed by atoms with E-state index < -0.39 is 27.4 Å². The van der Waals surface area contributed by atoms with Crippen LogP contribution in [0.15, 0.2) is 24.4 Å². The molecule has 1 amide bonds. The molecule has 0 unspecified atom stereocenters. The number of carbonyl (C=O) groups is 1. The van der Waals surface area contributed by atoms with Crippen LogP contribution in [0.5, 0.6) is 5.75 Å². The van der Waals surface area contributed by atoms with E-state index in [1.807, 2.05) is 17.7 Å². The highest BCUT2D eigenvalue weighted by Crippen LogP contribution is 2.40. The molecule has 1 fully saturated rings. The Kier molecular flexibility index (Phi) is 5.18. The standard InChI is InChI=1S/C16H12B8N2O3/c1-25-7-8(10-6-9(28-2)3-4-11(10)25)5-12(27)26-13(17,18)15(21,22)29-16(23,24)14(26,19)20/h3-4,6-7H,5H2,1-2H3. The Bertz CT molecular complexity index is 946. The Labute approximate surface area is 181 Å². The molecule has 29 heavy (non-hydrogen) atoms. The first kappa shape index (κ1) is 22.2. The van der Waals surface area contributed by atoms with Gasteiger partial charge in [-0.25, -0.2) is 0 Å². The molecule has 2 aromatic rings. The summed E-state index contributed by atoms with van der Waals surface area (Å²) in [6.45, 7) is 0. The van der Waals surface area contributed by atoms with E-state index in [4.69, 9.17) is 72.2 Å². The summed E-state index contributed by atoms with van der Waals surface area (Å²) in [5.41, 5.74) is 1.50. The summed E-state index contributed by atoms with van der Waals surface area (Å²) in [5.74, 6) is -0.0900. The second kappa shape index (κ2) is 6.76. The Hall–Kier alpha value is -1.49. The average Bonchev–Trinajstić information content (AvgIpc) is 2.87. The van der Waals surface area contributed by atoms with E-state index in [0.29, 0.717) is 16.2 Å². The molecule has 5 nitrogen and oxygen atoms in total. The third-order valence-corrected chi connectivity index (χ3v) is 5.20. The van der Waals surface area contributed by atoms with Crippen molar-refractivity contribution in [3.63, 3.8) is 0 Å². The smallest absolute Gasteiger partial charge is 0.225 e. The van der Waals surface area contributed by atoms with Gasteiger partial charge >= 0.3 is 0 Å². The summed E-state index contributed by atoms with van der Waals surface area (Å²) in [6, 6.07) is 5.46. The minimum atomic E-state index is -2.34. The number of fused-ring (bicyclic) bond motifs is 1. The molecule has 0 atom stereocenters. The number of amides is 1. The van der Waals surface area contributed by atoms with Crippen LogP contribution in [-0.4, -0.2) is 107 Å². The number of carbonyl (C=O) groups excluding carboxylic acids is 1. The molecule has 0 spiro atoms. The summed E-state index contributed by atoms with van der Waals surface area (Å²) in [4.78, 5) is 13.9. The zero-order chi connectivity index (χ0) is 22.0. The molecular formula is C16H12B8N2O3. The third-order valence-electron chi connectivity index (χ3n) is 5.20. The van der Waals surface area contributed by atoms with Crippen LogP contribution in [0.3, 0.4) is 0 Å². The number of hydrogen-bond donors (Lipinski definition) is 0. The van der Waals surface area contributed by atoms with Crippen LogP contribution in [-0.2, 0) is 23.0 Å². The van der Waals surface area contributed by atoms with Crippen LogP contribution in [0, 0.1) is 0 Å². The van der Waals surface area contributed by atoms with Crippen molar-refractivity contribution in [3.8, 4) is 5.75 Å². The lowest BCUT2D eigenvalue weighted by Gasteiger charge is -2.70. The van der Waals surface area contributed by atoms with Gasteiger partial charge in [0.05, 0.1) is 44.9 Å². The van der Waals surface area contributed by atoms with Gasteiger partial charge in [-0.3, -0.25) is 4.79 Å². The SMILES string of the molecule is [B]C1([B])OC([B])([B])C([B])([B])N(C(=O)Cc2cn(C)c3ccc(OC)cc23)C1([B])[B]. The van der Waals surface area contributed by atoms with Crippen LogP contribution < -0.4 is 4.74 Å². The summed E-state index contributed by atoms with van der Waals surface area (Å²) in [5, 5.41) is -8.55. The predicted octanol–water partition coefficient (Wildman–Crippen LogP) is -2.45. The largest absolute Gasteiger partial charge is 0.497 e. The molecule has 0 aliphatic carbocycles. The zero-order valence-corrected chi connectivity index (χ0v) is 16.3. The van der Waals surface area contributed by atoms with Gasteiger partial charge in [0.2, 0.25) is 5.91 Å². The number of ether oxygens (including phenoxy) is 2. The van der Waals surface area contributed by atoms with Crippen molar-refractivity contribution < 1.29 is 14.3 Å². The van der Waals surface area contributed by atoms with Crippen LogP contribution in [0.1, 0.15) is 5.56 Å². The molecule has 3 rings (SSSR count). The maximum atomic E-state index is 13.3. The first-order valence-corrected chi connectivity index (χ1v) is 8.62. The molecule has 128 valence electrons. The molecule has 1 saturated heterocycles. The van der Waals surface area contributed by atoms with Crippen molar-refractivity contribution in [1.29, 1.82) is 0 Å². The fourth-order valence-corrected chi connectivity index (χ4v) is 3.47. The van der Waals surface area contributed by atoms with Crippen molar-refractivity contribution in [2.24, 2.45) is 7.05 Å². The minimum absolute atomic E-state index is 0.205. The molecule has 0 N–H and O–H groups in total. The number of methoxy groups -OCH3 is 1. The molecule has 0 saturated carbocycles. The first-order valence-electron chi connectivity index (χ1n) is 8.62. The lowest BCUT2D eigenvalue weighted by Crippen LogP contribution is -2.86. The van der Waals surface area contributed by atoms with E-state index in [0.717, 1.165) is 10.9 Å². The molecule has 1 aromatic heterocycles. The van der Waals surface area contributed by atoms with Gasteiger partial charge < -0.3 is 18.9 Å². The molecule has 16 radical (unpaired) electrons. The van der Waals surface area contributed by atoms with Crippen molar-refractivity contribution in [1.82, 2.24) is 9.47 Å². The number of hydrogen-bond acceptors (Lipinski definition) is 3. The zero-order valence-electron chi connectivity index (χ0n) is 16.3. The second-order valence-corrected chi connectivity index (χ2v) is 7.39. The predicted molar refractivity (Wildman–Crippen MR) is 118 cm³/mol. The molecule has 1 aliphatic rings. The number of aryl methyl sites for hydroxylation is 1. The topological polar surface area (TPSA) is 43.7 Å². The number of nitrogens with zero attached hydrogens (tertiary/aromatic N) is 2. The van der Waals surface area contributed by atoms with Crippen molar-refractivity contribution in [2.45, 2.75) is 27.9 Å². The Morgan fingerprint density at radius 2 is 1.59 bits per heavy atom. The number of benzene rings is 1. The monoisotopic (exact) mass is 368 g/mol. The summed E-state index contributed by atoms with van der Waals surface area (Å²) >= 11 is 0. The first-order chi connectivity index (χ1) is 13.2. The van der Waals surface area contributed by atoms with Crippen molar-refractivity contribution >= 4 is 79.6 Å². The Morgan fingerprint density at radius 3 is 2.10 bits per heavy atom. The second-order valence-electron chi connectivity index (χ2n) is 7.39. The highest BCUT2D eigenvalue weighted by atomic mass is 16.5. The number of aromatic nitrogens is 1. The molecule has 0 bridgehead atoms. The van der Waals surface area contributed by atoms with Crippen molar-refractivity contribution in [3.05, 3.63) is 30.0 Å². The van der Waals surface area contributed by atoms with Gasteiger partial charge in [-0.15, -0.1) is 0 Å². The Morgan fingerprint density at radius 1 is 1.03 bits per heavy atom. The molecule has 2 heterocycles. The van der Waals surface area contributed by atoms with E-state index in [1.165, 1.54) is 0 Å². The quantitative estimate of drug-likeness (QED) is 0.567. The maximum absolute atomic E-state index is 13.3. The molecule has 1 aliphatic heterocycles. The van der Waals surface area contributed by atoms with Crippen molar-refractivity contribution in [2.75, 3.05) is 7.11 Å². The number of morpholine rings is 1. The highest BCUT2D eigenvalue weighted by molar-refractivity contribution is 6.59. The normalized spacial score (nSPS) is 21.7. The van der Waals surface area contributed by atoms with Gasteiger partial charge in [0.15, 0.2) is 0 Å². The summed E-state index contributed by atoms with van der Waals surface area (Å²) in [6.07, 6.45) is 1.56.